The van der Waals surface area contributed by atoms with Gasteiger partial charge in [-0.2, -0.15) is 0 Å². The third kappa shape index (κ3) is 4.38. The first-order valence-electron chi connectivity index (χ1n) is 9.26. The Morgan fingerprint density at radius 3 is 2.37 bits per heavy atom. The number of rotatable bonds is 5. The average Bonchev–Trinajstić information content (AvgIpc) is 2.61. The molecular formula is C23H26O3S. The van der Waals surface area contributed by atoms with Crippen LogP contribution in [0.2, 0.25) is 0 Å². The van der Waals surface area contributed by atoms with Crippen LogP contribution in [0, 0.1) is 26.7 Å². The number of ether oxygens (including phenoxy) is 1. The highest BCUT2D eigenvalue weighted by Gasteiger charge is 2.34. The number of carbonyl (C=O) groups is 1. The molecule has 0 bridgehead atoms. The lowest BCUT2D eigenvalue weighted by atomic mass is 9.89. The highest BCUT2D eigenvalue weighted by molar-refractivity contribution is 7.99. The van der Waals surface area contributed by atoms with Gasteiger partial charge < -0.3 is 9.84 Å². The number of benzene rings is 2. The van der Waals surface area contributed by atoms with Crippen LogP contribution in [0.1, 0.15) is 35.6 Å². The molecule has 2 atom stereocenters. The summed E-state index contributed by atoms with van der Waals surface area (Å²) >= 11 is 1.74. The second kappa shape index (κ2) is 8.22. The molecular weight excluding hydrogens is 356 g/mol. The summed E-state index contributed by atoms with van der Waals surface area (Å²) in [6.45, 7) is 8.02. The maximum Gasteiger partial charge on any atom is 0.342 e. The zero-order valence-corrected chi connectivity index (χ0v) is 17.1. The summed E-state index contributed by atoms with van der Waals surface area (Å²) in [4.78, 5) is 13.9. The molecule has 0 fully saturated rings. The molecule has 0 amide bonds. The second-order valence-corrected chi connectivity index (χ2v) is 8.44. The molecule has 0 aliphatic carbocycles. The van der Waals surface area contributed by atoms with Crippen molar-refractivity contribution >= 4 is 23.3 Å². The van der Waals surface area contributed by atoms with Crippen molar-refractivity contribution in [3.05, 3.63) is 70.5 Å². The fourth-order valence-electron chi connectivity index (χ4n) is 3.64. The van der Waals surface area contributed by atoms with Crippen LogP contribution in [-0.2, 0) is 9.53 Å². The lowest BCUT2D eigenvalue weighted by Crippen LogP contribution is -2.32. The molecule has 2 aromatic carbocycles. The van der Waals surface area contributed by atoms with Crippen LogP contribution in [0.3, 0.4) is 0 Å². The van der Waals surface area contributed by atoms with Gasteiger partial charge in [0.15, 0.2) is 0 Å². The van der Waals surface area contributed by atoms with Crippen LogP contribution in [0.25, 0.3) is 5.57 Å². The van der Waals surface area contributed by atoms with E-state index in [1.165, 1.54) is 4.90 Å². The molecule has 0 saturated carbocycles. The number of thioether (sulfide) groups is 1. The summed E-state index contributed by atoms with van der Waals surface area (Å²) < 4.78 is 5.74. The summed E-state index contributed by atoms with van der Waals surface area (Å²) in [5, 5.41) is 10.7. The Morgan fingerprint density at radius 2 is 1.78 bits per heavy atom. The minimum absolute atomic E-state index is 0.142. The summed E-state index contributed by atoms with van der Waals surface area (Å²) in [5.41, 5.74) is 4.23. The van der Waals surface area contributed by atoms with Gasteiger partial charge in [0.05, 0.1) is 0 Å². The van der Waals surface area contributed by atoms with E-state index in [9.17, 15) is 9.90 Å². The molecule has 27 heavy (non-hydrogen) atoms. The minimum atomic E-state index is -0.421. The van der Waals surface area contributed by atoms with Crippen molar-refractivity contribution in [3.63, 3.8) is 0 Å². The normalized spacial score (nSPS) is 18.4. The average molecular weight is 383 g/mol. The Morgan fingerprint density at radius 1 is 1.15 bits per heavy atom. The minimum Gasteiger partial charge on any atom is -0.511 e. The van der Waals surface area contributed by atoms with Crippen LogP contribution in [-0.4, -0.2) is 22.9 Å². The van der Waals surface area contributed by atoms with E-state index in [1.54, 1.807) is 11.8 Å². The van der Waals surface area contributed by atoms with E-state index < -0.39 is 5.97 Å². The number of cyclic esters (lactones) is 1. The van der Waals surface area contributed by atoms with Gasteiger partial charge >= 0.3 is 5.97 Å². The van der Waals surface area contributed by atoms with E-state index in [4.69, 9.17) is 4.74 Å². The fourth-order valence-corrected chi connectivity index (χ4v) is 4.66. The van der Waals surface area contributed by atoms with Crippen LogP contribution < -0.4 is 0 Å². The summed E-state index contributed by atoms with van der Waals surface area (Å²) in [6, 6.07) is 14.2. The standard InChI is InChI=1S/C23H26O3S/c1-14-10-15(2)21(16(3)11-14)22-19(24)12-20(26-23(22)25)17(4)13-27-18-8-6-5-7-9-18/h5-11,17,20,24H,12-13H2,1-4H3. The summed E-state index contributed by atoms with van der Waals surface area (Å²) in [5.74, 6) is 0.689. The fraction of sp³-hybridized carbons (Fsp3) is 0.348. The first-order valence-corrected chi connectivity index (χ1v) is 10.2. The van der Waals surface area contributed by atoms with E-state index in [0.29, 0.717) is 12.0 Å². The van der Waals surface area contributed by atoms with Crippen molar-refractivity contribution in [2.75, 3.05) is 5.75 Å². The van der Waals surface area contributed by atoms with Crippen LogP contribution in [0.15, 0.2) is 53.1 Å². The Kier molecular flexibility index (Phi) is 5.95. The van der Waals surface area contributed by atoms with Gasteiger partial charge in [0.1, 0.15) is 17.4 Å². The maximum absolute atomic E-state index is 12.7. The van der Waals surface area contributed by atoms with Gasteiger partial charge in [-0.1, -0.05) is 42.8 Å². The van der Waals surface area contributed by atoms with Crippen molar-refractivity contribution in [1.29, 1.82) is 0 Å². The second-order valence-electron chi connectivity index (χ2n) is 7.34. The topological polar surface area (TPSA) is 46.5 Å². The number of esters is 1. The first-order chi connectivity index (χ1) is 12.9. The molecule has 1 aliphatic heterocycles. The summed E-state index contributed by atoms with van der Waals surface area (Å²) in [7, 11) is 0. The predicted molar refractivity (Wildman–Crippen MR) is 111 cm³/mol. The molecule has 0 spiro atoms. The lowest BCUT2D eigenvalue weighted by Gasteiger charge is -2.29. The summed E-state index contributed by atoms with van der Waals surface area (Å²) in [6.07, 6.45) is 0.0631. The van der Waals surface area contributed by atoms with Gasteiger partial charge in [-0.05, 0) is 49.6 Å². The number of hydrogen-bond donors (Lipinski definition) is 1. The Balaban J connectivity index is 1.77. The van der Waals surface area contributed by atoms with Crippen molar-refractivity contribution in [3.8, 4) is 0 Å². The zero-order chi connectivity index (χ0) is 19.6. The third-order valence-electron chi connectivity index (χ3n) is 4.96. The molecule has 2 aromatic rings. The molecule has 0 aromatic heterocycles. The SMILES string of the molecule is Cc1cc(C)c(C2=C(O)CC(C(C)CSc3ccccc3)OC2=O)c(C)c1. The third-order valence-corrected chi connectivity index (χ3v) is 6.26. The van der Waals surface area contributed by atoms with Crippen molar-refractivity contribution in [1.82, 2.24) is 0 Å². The van der Waals surface area contributed by atoms with E-state index in [2.05, 4.69) is 19.1 Å². The quantitative estimate of drug-likeness (QED) is 0.538. The predicted octanol–water partition coefficient (Wildman–Crippen LogP) is 5.62. The molecule has 4 heteroatoms. The van der Waals surface area contributed by atoms with Gasteiger partial charge in [-0.3, -0.25) is 0 Å². The van der Waals surface area contributed by atoms with E-state index in [-0.39, 0.29) is 17.8 Å². The zero-order valence-electron chi connectivity index (χ0n) is 16.3. The maximum atomic E-state index is 12.7. The number of carbonyl (C=O) groups excluding carboxylic acids is 1. The van der Waals surface area contributed by atoms with Crippen LogP contribution >= 0.6 is 11.8 Å². The molecule has 1 heterocycles. The molecule has 142 valence electrons. The van der Waals surface area contributed by atoms with E-state index in [0.717, 1.165) is 28.0 Å². The molecule has 1 aliphatic rings. The Labute approximate surface area is 165 Å². The smallest absolute Gasteiger partial charge is 0.342 e. The van der Waals surface area contributed by atoms with Crippen LogP contribution in [0.4, 0.5) is 0 Å². The number of aryl methyl sites for hydroxylation is 3. The molecule has 3 rings (SSSR count). The molecule has 3 nitrogen and oxygen atoms in total. The van der Waals surface area contributed by atoms with Gasteiger partial charge in [-0.25, -0.2) is 4.79 Å². The highest BCUT2D eigenvalue weighted by Crippen LogP contribution is 2.35. The lowest BCUT2D eigenvalue weighted by molar-refractivity contribution is -0.145. The van der Waals surface area contributed by atoms with Gasteiger partial charge in [0.2, 0.25) is 0 Å². The Hall–Kier alpha value is -2.20. The molecule has 1 N–H and O–H groups in total. The van der Waals surface area contributed by atoms with E-state index in [1.807, 2.05) is 51.1 Å². The van der Waals surface area contributed by atoms with Crippen molar-refractivity contribution in [2.24, 2.45) is 5.92 Å². The van der Waals surface area contributed by atoms with Crippen LogP contribution in [0.5, 0.6) is 0 Å². The first kappa shape index (κ1) is 19.6. The highest BCUT2D eigenvalue weighted by atomic mass is 32.2. The number of aliphatic hydroxyl groups excluding tert-OH is 1. The largest absolute Gasteiger partial charge is 0.511 e. The monoisotopic (exact) mass is 382 g/mol. The molecule has 0 saturated heterocycles. The number of hydrogen-bond acceptors (Lipinski definition) is 4. The van der Waals surface area contributed by atoms with Gasteiger partial charge in [-0.15, -0.1) is 11.8 Å². The van der Waals surface area contributed by atoms with E-state index >= 15 is 0 Å². The molecule has 0 radical (unpaired) electrons. The van der Waals surface area contributed by atoms with Gasteiger partial charge in [0.25, 0.3) is 0 Å². The molecule has 2 unspecified atom stereocenters. The van der Waals surface area contributed by atoms with Crippen molar-refractivity contribution in [2.45, 2.75) is 45.1 Å². The Bertz CT molecular complexity index is 847. The van der Waals surface area contributed by atoms with Gasteiger partial charge in [0, 0.05) is 23.0 Å². The number of aliphatic hydroxyl groups is 1. The van der Waals surface area contributed by atoms with Crippen molar-refractivity contribution < 1.29 is 14.6 Å².